The molecule has 1 N–H and O–H groups in total. The first-order valence-corrected chi connectivity index (χ1v) is 8.95. The molecule has 4 rings (SSSR count). The molecule has 3 aliphatic rings. The molecule has 0 radical (unpaired) electrons. The van der Waals surface area contributed by atoms with Crippen LogP contribution in [0, 0.1) is 23.7 Å². The van der Waals surface area contributed by atoms with Gasteiger partial charge in [-0.2, -0.15) is 0 Å². The second kappa shape index (κ2) is 4.57. The van der Waals surface area contributed by atoms with Gasteiger partial charge < -0.3 is 5.32 Å². The van der Waals surface area contributed by atoms with Crippen molar-refractivity contribution in [1.29, 1.82) is 0 Å². The normalized spacial score (nSPS) is 40.3. The molecule has 0 amide bonds. The standard InChI is InChI=1S/C16H19Br2N/c1-8(12-5-4-11(17)7-13(12)18)19-16-14-9-2-3-10(6-9)15(14)16/h4-5,7-10,14-16,19H,2-3,6H2,1H3. The average Bonchev–Trinajstić information content (AvgIpc) is 2.78. The van der Waals surface area contributed by atoms with E-state index in [0.717, 1.165) is 34.2 Å². The van der Waals surface area contributed by atoms with Crippen LogP contribution in [0.2, 0.25) is 0 Å². The van der Waals surface area contributed by atoms with Gasteiger partial charge in [0.1, 0.15) is 0 Å². The molecular formula is C16H19Br2N. The van der Waals surface area contributed by atoms with Gasteiger partial charge in [-0.3, -0.25) is 0 Å². The number of hydrogen-bond donors (Lipinski definition) is 1. The number of fused-ring (bicyclic) bond motifs is 5. The van der Waals surface area contributed by atoms with Gasteiger partial charge in [-0.25, -0.2) is 0 Å². The van der Waals surface area contributed by atoms with Crippen LogP contribution in [-0.2, 0) is 0 Å². The SMILES string of the molecule is CC(NC1C2C3CCC(C3)C12)c1ccc(Br)cc1Br. The lowest BCUT2D eigenvalue weighted by molar-refractivity contribution is 0.433. The zero-order valence-electron chi connectivity index (χ0n) is 11.1. The quantitative estimate of drug-likeness (QED) is 0.780. The van der Waals surface area contributed by atoms with Crippen LogP contribution in [0.5, 0.6) is 0 Å². The van der Waals surface area contributed by atoms with E-state index in [1.807, 2.05) is 0 Å². The van der Waals surface area contributed by atoms with Crippen molar-refractivity contribution in [3.05, 3.63) is 32.7 Å². The molecular weight excluding hydrogens is 366 g/mol. The van der Waals surface area contributed by atoms with Gasteiger partial charge in [0, 0.05) is 21.0 Å². The molecule has 0 spiro atoms. The van der Waals surface area contributed by atoms with Crippen molar-refractivity contribution < 1.29 is 0 Å². The predicted octanol–water partition coefficient (Wildman–Crippen LogP) is 4.91. The summed E-state index contributed by atoms with van der Waals surface area (Å²) in [7, 11) is 0. The summed E-state index contributed by atoms with van der Waals surface area (Å²) in [4.78, 5) is 0. The van der Waals surface area contributed by atoms with Gasteiger partial charge in [0.25, 0.3) is 0 Å². The minimum Gasteiger partial charge on any atom is -0.307 e. The molecule has 3 aliphatic carbocycles. The van der Waals surface area contributed by atoms with Gasteiger partial charge in [-0.15, -0.1) is 0 Å². The van der Waals surface area contributed by atoms with Gasteiger partial charge in [-0.05, 0) is 67.6 Å². The number of rotatable bonds is 3. The van der Waals surface area contributed by atoms with Gasteiger partial charge in [0.2, 0.25) is 0 Å². The molecule has 5 unspecified atom stereocenters. The minimum absolute atomic E-state index is 0.442. The van der Waals surface area contributed by atoms with Crippen molar-refractivity contribution in [2.45, 2.75) is 38.3 Å². The van der Waals surface area contributed by atoms with E-state index in [2.05, 4.69) is 62.3 Å². The molecule has 5 atom stereocenters. The lowest BCUT2D eigenvalue weighted by atomic mass is 10.0. The molecule has 0 aliphatic heterocycles. The second-order valence-electron chi connectivity index (χ2n) is 6.57. The van der Waals surface area contributed by atoms with Crippen molar-refractivity contribution in [2.24, 2.45) is 23.7 Å². The van der Waals surface area contributed by atoms with Crippen molar-refractivity contribution in [3.63, 3.8) is 0 Å². The molecule has 3 saturated carbocycles. The van der Waals surface area contributed by atoms with E-state index >= 15 is 0 Å². The number of halogens is 2. The molecule has 1 aromatic carbocycles. The summed E-state index contributed by atoms with van der Waals surface area (Å²) in [6.07, 6.45) is 4.53. The van der Waals surface area contributed by atoms with E-state index in [4.69, 9.17) is 0 Å². The summed E-state index contributed by atoms with van der Waals surface area (Å²) in [5, 5.41) is 3.89. The molecule has 1 aromatic rings. The largest absolute Gasteiger partial charge is 0.307 e. The van der Waals surface area contributed by atoms with E-state index in [0.29, 0.717) is 6.04 Å². The lowest BCUT2D eigenvalue weighted by Gasteiger charge is -2.18. The predicted molar refractivity (Wildman–Crippen MR) is 85.0 cm³/mol. The Morgan fingerprint density at radius 3 is 2.47 bits per heavy atom. The Labute approximate surface area is 131 Å². The Kier molecular flexibility index (Phi) is 3.09. The van der Waals surface area contributed by atoms with Crippen LogP contribution in [0.25, 0.3) is 0 Å². The Balaban J connectivity index is 1.46. The van der Waals surface area contributed by atoms with Crippen molar-refractivity contribution in [2.75, 3.05) is 0 Å². The van der Waals surface area contributed by atoms with Crippen LogP contribution >= 0.6 is 31.9 Å². The molecule has 1 nitrogen and oxygen atoms in total. The summed E-state index contributed by atoms with van der Waals surface area (Å²) < 4.78 is 2.34. The number of nitrogens with one attached hydrogen (secondary N) is 1. The number of benzene rings is 1. The molecule has 3 fully saturated rings. The minimum atomic E-state index is 0.442. The highest BCUT2D eigenvalue weighted by Gasteiger charge is 2.64. The van der Waals surface area contributed by atoms with Gasteiger partial charge in [0.15, 0.2) is 0 Å². The van der Waals surface area contributed by atoms with E-state index < -0.39 is 0 Å². The summed E-state index contributed by atoms with van der Waals surface area (Å²) >= 11 is 7.21. The Bertz CT molecular complexity index is 499. The molecule has 2 bridgehead atoms. The maximum absolute atomic E-state index is 3.89. The first-order valence-electron chi connectivity index (χ1n) is 7.36. The number of hydrogen-bond acceptors (Lipinski definition) is 1. The summed E-state index contributed by atoms with van der Waals surface area (Å²) in [5.74, 6) is 4.12. The van der Waals surface area contributed by atoms with Crippen LogP contribution < -0.4 is 5.32 Å². The fraction of sp³-hybridized carbons (Fsp3) is 0.625. The fourth-order valence-corrected chi connectivity index (χ4v) is 6.17. The van der Waals surface area contributed by atoms with E-state index in [-0.39, 0.29) is 0 Å². The topological polar surface area (TPSA) is 12.0 Å². The summed E-state index contributed by atoms with van der Waals surface area (Å²) in [6, 6.07) is 7.74. The van der Waals surface area contributed by atoms with Crippen LogP contribution in [0.15, 0.2) is 27.1 Å². The Hall–Kier alpha value is 0.140. The van der Waals surface area contributed by atoms with Crippen LogP contribution in [0.1, 0.15) is 37.8 Å². The maximum Gasteiger partial charge on any atom is 0.0305 e. The molecule has 19 heavy (non-hydrogen) atoms. The third kappa shape index (κ3) is 2.04. The monoisotopic (exact) mass is 383 g/mol. The van der Waals surface area contributed by atoms with Gasteiger partial charge >= 0.3 is 0 Å². The Morgan fingerprint density at radius 1 is 1.16 bits per heavy atom. The van der Waals surface area contributed by atoms with E-state index in [9.17, 15) is 0 Å². The van der Waals surface area contributed by atoms with Crippen molar-refractivity contribution in [3.8, 4) is 0 Å². The zero-order chi connectivity index (χ0) is 13.1. The van der Waals surface area contributed by atoms with Gasteiger partial charge in [-0.1, -0.05) is 37.9 Å². The highest BCUT2D eigenvalue weighted by molar-refractivity contribution is 9.11. The molecule has 0 heterocycles. The van der Waals surface area contributed by atoms with Crippen LogP contribution in [-0.4, -0.2) is 6.04 Å². The van der Waals surface area contributed by atoms with E-state index in [1.54, 1.807) is 0 Å². The smallest absolute Gasteiger partial charge is 0.0305 e. The van der Waals surface area contributed by atoms with Crippen molar-refractivity contribution in [1.82, 2.24) is 5.32 Å². The van der Waals surface area contributed by atoms with Gasteiger partial charge in [0.05, 0.1) is 0 Å². The fourth-order valence-electron chi connectivity index (χ4n) is 4.78. The lowest BCUT2D eigenvalue weighted by Crippen LogP contribution is -2.26. The molecule has 102 valence electrons. The third-order valence-electron chi connectivity index (χ3n) is 5.61. The third-order valence-corrected chi connectivity index (χ3v) is 6.79. The second-order valence-corrected chi connectivity index (χ2v) is 8.34. The highest BCUT2D eigenvalue weighted by atomic mass is 79.9. The zero-order valence-corrected chi connectivity index (χ0v) is 14.2. The Morgan fingerprint density at radius 2 is 1.84 bits per heavy atom. The molecule has 0 saturated heterocycles. The summed E-state index contributed by atoms with van der Waals surface area (Å²) in [5.41, 5.74) is 1.38. The highest BCUT2D eigenvalue weighted by Crippen LogP contribution is 2.65. The summed E-state index contributed by atoms with van der Waals surface area (Å²) in [6.45, 7) is 2.30. The van der Waals surface area contributed by atoms with Crippen molar-refractivity contribution >= 4 is 31.9 Å². The molecule has 3 heteroatoms. The first-order chi connectivity index (χ1) is 9.15. The molecule has 0 aromatic heterocycles. The van der Waals surface area contributed by atoms with Crippen LogP contribution in [0.4, 0.5) is 0 Å². The van der Waals surface area contributed by atoms with Crippen LogP contribution in [0.3, 0.4) is 0 Å². The van der Waals surface area contributed by atoms with E-state index in [1.165, 1.54) is 29.3 Å². The first kappa shape index (κ1) is 12.8. The maximum atomic E-state index is 3.89. The average molecular weight is 385 g/mol.